The first kappa shape index (κ1) is 13.1. The molecule has 0 aromatic heterocycles. The van der Waals surface area contributed by atoms with Crippen LogP contribution in [0.5, 0.6) is 0 Å². The summed E-state index contributed by atoms with van der Waals surface area (Å²) in [5.41, 5.74) is 2.40. The number of nitrogens with zero attached hydrogens (tertiary/aromatic N) is 1. The van der Waals surface area contributed by atoms with Crippen molar-refractivity contribution in [1.29, 1.82) is 5.26 Å². The van der Waals surface area contributed by atoms with Gasteiger partial charge in [0.15, 0.2) is 0 Å². The zero-order chi connectivity index (χ0) is 13.5. The monoisotopic (exact) mass is 265 g/mol. The normalized spacial score (nSPS) is 11.5. The Balaban J connectivity index is 2.24. The maximum atomic E-state index is 9.19. The molecule has 0 amide bonds. The van der Waals surface area contributed by atoms with Gasteiger partial charge in [0.05, 0.1) is 11.6 Å². The lowest BCUT2D eigenvalue weighted by atomic mass is 10.1. The summed E-state index contributed by atoms with van der Waals surface area (Å²) in [7, 11) is 0. The molecule has 0 saturated heterocycles. The molecule has 0 bridgehead atoms. The number of halogens is 1. The molecule has 0 radical (unpaired) electrons. The molecule has 0 N–H and O–H groups in total. The fourth-order valence-corrected chi connectivity index (χ4v) is 1.92. The summed E-state index contributed by atoms with van der Waals surface area (Å²) in [6, 6.07) is 19.4. The SMILES string of the molecule is N#C/C(=C/C=C/c1ccccc1)c1ccccc1Cl. The molecule has 0 aliphatic heterocycles. The van der Waals surface area contributed by atoms with Gasteiger partial charge in [0.2, 0.25) is 0 Å². The molecule has 2 rings (SSSR count). The van der Waals surface area contributed by atoms with Gasteiger partial charge in [0.1, 0.15) is 0 Å². The van der Waals surface area contributed by atoms with Gasteiger partial charge in [-0.1, -0.05) is 72.3 Å². The Morgan fingerprint density at radius 1 is 1.00 bits per heavy atom. The fourth-order valence-electron chi connectivity index (χ4n) is 1.69. The van der Waals surface area contributed by atoms with Crippen LogP contribution in [0.25, 0.3) is 11.6 Å². The van der Waals surface area contributed by atoms with Crippen LogP contribution in [0, 0.1) is 11.3 Å². The minimum absolute atomic E-state index is 0.554. The van der Waals surface area contributed by atoms with Crippen LogP contribution in [0.3, 0.4) is 0 Å². The predicted molar refractivity (Wildman–Crippen MR) is 80.5 cm³/mol. The molecule has 19 heavy (non-hydrogen) atoms. The van der Waals surface area contributed by atoms with Crippen molar-refractivity contribution in [3.63, 3.8) is 0 Å². The van der Waals surface area contributed by atoms with Crippen molar-refractivity contribution in [3.05, 3.63) is 82.9 Å². The molecule has 1 nitrogen and oxygen atoms in total. The molecule has 0 heterocycles. The largest absolute Gasteiger partial charge is 0.192 e. The third kappa shape index (κ3) is 3.58. The smallest absolute Gasteiger partial charge is 0.0998 e. The molecule has 92 valence electrons. The van der Waals surface area contributed by atoms with Gasteiger partial charge in [-0.2, -0.15) is 5.26 Å². The summed E-state index contributed by atoms with van der Waals surface area (Å²) in [5, 5.41) is 9.78. The number of hydrogen-bond acceptors (Lipinski definition) is 1. The van der Waals surface area contributed by atoms with Crippen LogP contribution in [0.2, 0.25) is 5.02 Å². The predicted octanol–water partition coefficient (Wildman–Crippen LogP) is 4.96. The Labute approximate surface area is 118 Å². The van der Waals surface area contributed by atoms with E-state index in [-0.39, 0.29) is 0 Å². The first-order valence-electron chi connectivity index (χ1n) is 5.89. The Bertz CT molecular complexity index is 648. The highest BCUT2D eigenvalue weighted by Gasteiger charge is 2.03. The van der Waals surface area contributed by atoms with Gasteiger partial charge in [-0.05, 0) is 17.7 Å². The summed E-state index contributed by atoms with van der Waals surface area (Å²) in [6.45, 7) is 0. The minimum atomic E-state index is 0.554. The number of rotatable bonds is 3. The van der Waals surface area contributed by atoms with Crippen molar-refractivity contribution in [3.8, 4) is 6.07 Å². The van der Waals surface area contributed by atoms with Crippen LogP contribution >= 0.6 is 11.6 Å². The highest BCUT2D eigenvalue weighted by molar-refractivity contribution is 6.32. The van der Waals surface area contributed by atoms with E-state index >= 15 is 0 Å². The summed E-state index contributed by atoms with van der Waals surface area (Å²) >= 11 is 6.08. The molecular weight excluding hydrogens is 254 g/mol. The van der Waals surface area contributed by atoms with Crippen LogP contribution in [-0.2, 0) is 0 Å². The number of benzene rings is 2. The zero-order valence-electron chi connectivity index (χ0n) is 10.3. The van der Waals surface area contributed by atoms with Crippen LogP contribution in [0.15, 0.2) is 66.7 Å². The van der Waals surface area contributed by atoms with Gasteiger partial charge in [-0.25, -0.2) is 0 Å². The molecule has 2 aromatic rings. The lowest BCUT2D eigenvalue weighted by molar-refractivity contribution is 1.52. The Hall–Kier alpha value is -2.30. The lowest BCUT2D eigenvalue weighted by Crippen LogP contribution is -1.82. The maximum Gasteiger partial charge on any atom is 0.0998 e. The molecule has 0 unspecified atom stereocenters. The standard InChI is InChI=1S/C17H12ClN/c18-17-12-5-4-11-16(17)15(13-19)10-6-9-14-7-2-1-3-8-14/h1-12H/b9-6+,15-10-. The van der Waals surface area contributed by atoms with Gasteiger partial charge < -0.3 is 0 Å². The van der Waals surface area contributed by atoms with Gasteiger partial charge in [0.25, 0.3) is 0 Å². The Morgan fingerprint density at radius 3 is 2.37 bits per heavy atom. The average Bonchev–Trinajstić information content (AvgIpc) is 2.46. The first-order valence-corrected chi connectivity index (χ1v) is 6.27. The third-order valence-corrected chi connectivity index (χ3v) is 2.97. The van der Waals surface area contributed by atoms with Crippen LogP contribution in [0.1, 0.15) is 11.1 Å². The molecule has 0 aliphatic carbocycles. The zero-order valence-corrected chi connectivity index (χ0v) is 11.0. The van der Waals surface area contributed by atoms with Gasteiger partial charge >= 0.3 is 0 Å². The number of nitriles is 1. The molecule has 2 aromatic carbocycles. The highest BCUT2D eigenvalue weighted by atomic mass is 35.5. The van der Waals surface area contributed by atoms with Crippen LogP contribution in [-0.4, -0.2) is 0 Å². The second-order valence-electron chi connectivity index (χ2n) is 3.94. The second kappa shape index (κ2) is 6.58. The van der Waals surface area contributed by atoms with E-state index in [2.05, 4.69) is 6.07 Å². The van der Waals surface area contributed by atoms with E-state index < -0.39 is 0 Å². The van der Waals surface area contributed by atoms with Crippen molar-refractivity contribution in [1.82, 2.24) is 0 Å². The Morgan fingerprint density at radius 2 is 1.68 bits per heavy atom. The van der Waals surface area contributed by atoms with E-state index in [4.69, 9.17) is 11.6 Å². The molecule has 0 fully saturated rings. The van der Waals surface area contributed by atoms with E-state index in [1.165, 1.54) is 0 Å². The van der Waals surface area contributed by atoms with Gasteiger partial charge in [0, 0.05) is 10.6 Å². The second-order valence-corrected chi connectivity index (χ2v) is 4.35. The lowest BCUT2D eigenvalue weighted by Gasteiger charge is -2.00. The molecule has 0 atom stereocenters. The maximum absolute atomic E-state index is 9.19. The van der Waals surface area contributed by atoms with E-state index in [0.29, 0.717) is 10.6 Å². The van der Waals surface area contributed by atoms with Gasteiger partial charge in [-0.3, -0.25) is 0 Å². The molecule has 2 heteroatoms. The quantitative estimate of drug-likeness (QED) is 0.568. The van der Waals surface area contributed by atoms with E-state index in [0.717, 1.165) is 11.1 Å². The summed E-state index contributed by atoms with van der Waals surface area (Å²) in [4.78, 5) is 0. The first-order chi connectivity index (χ1) is 9.31. The minimum Gasteiger partial charge on any atom is -0.192 e. The summed E-state index contributed by atoms with van der Waals surface area (Å²) < 4.78 is 0. The van der Waals surface area contributed by atoms with Crippen molar-refractivity contribution < 1.29 is 0 Å². The molecular formula is C17H12ClN. The molecule has 0 saturated carbocycles. The molecule has 0 spiro atoms. The van der Waals surface area contributed by atoms with E-state index in [1.807, 2.05) is 60.7 Å². The van der Waals surface area contributed by atoms with Gasteiger partial charge in [-0.15, -0.1) is 0 Å². The van der Waals surface area contributed by atoms with E-state index in [1.54, 1.807) is 12.1 Å². The van der Waals surface area contributed by atoms with Crippen molar-refractivity contribution in [2.75, 3.05) is 0 Å². The van der Waals surface area contributed by atoms with Crippen LogP contribution in [0.4, 0.5) is 0 Å². The third-order valence-electron chi connectivity index (χ3n) is 2.64. The number of allylic oxidation sites excluding steroid dienone is 3. The summed E-state index contributed by atoms with van der Waals surface area (Å²) in [5.74, 6) is 0. The number of hydrogen-bond donors (Lipinski definition) is 0. The topological polar surface area (TPSA) is 23.8 Å². The van der Waals surface area contributed by atoms with Crippen molar-refractivity contribution >= 4 is 23.3 Å². The average molecular weight is 266 g/mol. The van der Waals surface area contributed by atoms with E-state index in [9.17, 15) is 5.26 Å². The fraction of sp³-hybridized carbons (Fsp3) is 0. The Kier molecular flexibility index (Phi) is 4.55. The van der Waals surface area contributed by atoms with Crippen LogP contribution < -0.4 is 0 Å². The van der Waals surface area contributed by atoms with Crippen molar-refractivity contribution in [2.45, 2.75) is 0 Å². The molecule has 0 aliphatic rings. The summed E-state index contributed by atoms with van der Waals surface area (Å²) in [6.07, 6.45) is 5.58. The van der Waals surface area contributed by atoms with Crippen molar-refractivity contribution in [2.24, 2.45) is 0 Å². The highest BCUT2D eigenvalue weighted by Crippen LogP contribution is 2.23.